The average Bonchev–Trinajstić information content (AvgIpc) is 3.07. The number of carbonyl (C=O) groups is 2. The van der Waals surface area contributed by atoms with E-state index in [4.69, 9.17) is 4.74 Å². The Morgan fingerprint density at radius 1 is 1.21 bits per heavy atom. The molecule has 3 rings (SSSR count). The average molecular weight is 327 g/mol. The summed E-state index contributed by atoms with van der Waals surface area (Å²) >= 11 is 0. The van der Waals surface area contributed by atoms with Crippen molar-refractivity contribution in [1.29, 1.82) is 0 Å². The van der Waals surface area contributed by atoms with E-state index in [9.17, 15) is 9.59 Å². The first-order chi connectivity index (χ1) is 11.6. The van der Waals surface area contributed by atoms with Crippen molar-refractivity contribution in [2.75, 3.05) is 20.2 Å². The fourth-order valence-corrected chi connectivity index (χ4v) is 3.34. The lowest BCUT2D eigenvalue weighted by Crippen LogP contribution is -2.49. The van der Waals surface area contributed by atoms with E-state index in [0.717, 1.165) is 11.3 Å². The normalized spacial score (nSPS) is 16.7. The molecule has 1 aromatic carbocycles. The van der Waals surface area contributed by atoms with Crippen LogP contribution in [0.1, 0.15) is 34.6 Å². The van der Waals surface area contributed by atoms with Gasteiger partial charge in [-0.05, 0) is 31.4 Å². The summed E-state index contributed by atoms with van der Waals surface area (Å²) in [5.41, 5.74) is 1.52. The van der Waals surface area contributed by atoms with Crippen molar-refractivity contribution in [3.63, 3.8) is 0 Å². The summed E-state index contributed by atoms with van der Waals surface area (Å²) in [4.78, 5) is 26.8. The Labute approximate surface area is 140 Å². The fourth-order valence-electron chi connectivity index (χ4n) is 3.34. The van der Waals surface area contributed by atoms with Gasteiger partial charge in [-0.3, -0.25) is 14.7 Å². The summed E-state index contributed by atoms with van der Waals surface area (Å²) in [6, 6.07) is 11.4. The zero-order valence-electron chi connectivity index (χ0n) is 13.9. The molecule has 6 heteroatoms. The maximum atomic E-state index is 12.5. The number of methoxy groups -OCH3 is 1. The van der Waals surface area contributed by atoms with Gasteiger partial charge >= 0.3 is 5.97 Å². The highest BCUT2D eigenvalue weighted by atomic mass is 16.5. The summed E-state index contributed by atoms with van der Waals surface area (Å²) in [6.07, 6.45) is 1.08. The monoisotopic (exact) mass is 327 g/mol. The van der Waals surface area contributed by atoms with Gasteiger partial charge in [-0.1, -0.05) is 30.3 Å². The number of aromatic nitrogens is 2. The highest BCUT2D eigenvalue weighted by Gasteiger charge is 2.44. The van der Waals surface area contributed by atoms with Crippen LogP contribution in [0.2, 0.25) is 0 Å². The van der Waals surface area contributed by atoms with Crippen LogP contribution in [0.5, 0.6) is 0 Å². The lowest BCUT2D eigenvalue weighted by Gasteiger charge is -2.39. The summed E-state index contributed by atoms with van der Waals surface area (Å²) in [7, 11) is 1.41. The molecule has 1 aliphatic heterocycles. The van der Waals surface area contributed by atoms with Crippen LogP contribution in [-0.2, 0) is 14.9 Å². The van der Waals surface area contributed by atoms with Crippen LogP contribution >= 0.6 is 0 Å². The van der Waals surface area contributed by atoms with Crippen LogP contribution in [-0.4, -0.2) is 47.2 Å². The topological polar surface area (TPSA) is 75.3 Å². The molecule has 24 heavy (non-hydrogen) atoms. The second kappa shape index (κ2) is 6.47. The molecule has 126 valence electrons. The van der Waals surface area contributed by atoms with Crippen molar-refractivity contribution >= 4 is 11.9 Å². The van der Waals surface area contributed by atoms with Gasteiger partial charge in [-0.15, -0.1) is 0 Å². The van der Waals surface area contributed by atoms with Crippen molar-refractivity contribution in [2.45, 2.75) is 25.2 Å². The molecule has 1 saturated heterocycles. The standard InChI is InChI=1S/C18H21N3O3/c1-13-12-15(20-19-13)16(22)21-10-8-18(9-11-21,17(23)24-2)14-6-4-3-5-7-14/h3-7,12H,8-11H2,1-2H3,(H,19,20). The lowest BCUT2D eigenvalue weighted by atomic mass is 9.72. The number of aromatic amines is 1. The molecular weight excluding hydrogens is 306 g/mol. The molecule has 1 amide bonds. The number of rotatable bonds is 3. The number of aryl methyl sites for hydroxylation is 1. The van der Waals surface area contributed by atoms with E-state index >= 15 is 0 Å². The largest absolute Gasteiger partial charge is 0.468 e. The van der Waals surface area contributed by atoms with E-state index in [-0.39, 0.29) is 11.9 Å². The Morgan fingerprint density at radius 2 is 1.88 bits per heavy atom. The van der Waals surface area contributed by atoms with E-state index in [1.165, 1.54) is 7.11 Å². The van der Waals surface area contributed by atoms with Crippen molar-refractivity contribution in [1.82, 2.24) is 15.1 Å². The number of nitrogens with zero attached hydrogens (tertiary/aromatic N) is 2. The fraction of sp³-hybridized carbons (Fsp3) is 0.389. The molecule has 0 aliphatic carbocycles. The first-order valence-corrected chi connectivity index (χ1v) is 8.02. The molecule has 2 aromatic rings. The highest BCUT2D eigenvalue weighted by Crippen LogP contribution is 2.37. The van der Waals surface area contributed by atoms with Crippen LogP contribution in [0.3, 0.4) is 0 Å². The molecule has 1 N–H and O–H groups in total. The number of carbonyl (C=O) groups excluding carboxylic acids is 2. The number of ether oxygens (including phenoxy) is 1. The van der Waals surface area contributed by atoms with Crippen LogP contribution in [0.25, 0.3) is 0 Å². The summed E-state index contributed by atoms with van der Waals surface area (Å²) in [5, 5.41) is 6.82. The minimum Gasteiger partial charge on any atom is -0.468 e. The second-order valence-electron chi connectivity index (χ2n) is 6.17. The predicted octanol–water partition coefficient (Wildman–Crippen LogP) is 2.07. The first kappa shape index (κ1) is 16.2. The summed E-state index contributed by atoms with van der Waals surface area (Å²) in [6.45, 7) is 2.85. The number of hydrogen-bond acceptors (Lipinski definition) is 4. The Kier molecular flexibility index (Phi) is 4.38. The zero-order valence-corrected chi connectivity index (χ0v) is 13.9. The molecule has 0 unspecified atom stereocenters. The zero-order chi connectivity index (χ0) is 17.2. The van der Waals surface area contributed by atoms with Crippen LogP contribution < -0.4 is 0 Å². The molecular formula is C18H21N3O3. The minimum atomic E-state index is -0.686. The molecule has 0 saturated carbocycles. The molecule has 2 heterocycles. The molecule has 0 spiro atoms. The van der Waals surface area contributed by atoms with Gasteiger partial charge in [0.1, 0.15) is 5.69 Å². The third-order valence-corrected chi connectivity index (χ3v) is 4.73. The van der Waals surface area contributed by atoms with Gasteiger partial charge in [0.25, 0.3) is 5.91 Å². The van der Waals surface area contributed by atoms with Gasteiger partial charge in [-0.2, -0.15) is 5.10 Å². The quantitative estimate of drug-likeness (QED) is 0.876. The maximum absolute atomic E-state index is 12.5. The second-order valence-corrected chi connectivity index (χ2v) is 6.17. The van der Waals surface area contributed by atoms with Crippen LogP contribution in [0, 0.1) is 6.92 Å². The van der Waals surface area contributed by atoms with Crippen LogP contribution in [0.15, 0.2) is 36.4 Å². The van der Waals surface area contributed by atoms with Gasteiger partial charge in [0, 0.05) is 18.8 Å². The number of benzene rings is 1. The lowest BCUT2D eigenvalue weighted by molar-refractivity contribution is -0.149. The van der Waals surface area contributed by atoms with Gasteiger partial charge in [0.2, 0.25) is 0 Å². The number of esters is 1. The number of piperidine rings is 1. The van der Waals surface area contributed by atoms with E-state index in [1.54, 1.807) is 11.0 Å². The van der Waals surface area contributed by atoms with Crippen molar-refractivity contribution in [3.05, 3.63) is 53.3 Å². The smallest absolute Gasteiger partial charge is 0.316 e. The van der Waals surface area contributed by atoms with E-state index in [1.807, 2.05) is 37.3 Å². The Bertz CT molecular complexity index is 731. The van der Waals surface area contributed by atoms with Gasteiger partial charge in [0.05, 0.1) is 12.5 Å². The van der Waals surface area contributed by atoms with Gasteiger partial charge in [-0.25, -0.2) is 0 Å². The number of hydrogen-bond donors (Lipinski definition) is 1. The van der Waals surface area contributed by atoms with Gasteiger partial charge in [0.15, 0.2) is 0 Å². The third-order valence-electron chi connectivity index (χ3n) is 4.73. The third kappa shape index (κ3) is 2.79. The Hall–Kier alpha value is -2.63. The molecule has 6 nitrogen and oxygen atoms in total. The minimum absolute atomic E-state index is 0.106. The SMILES string of the molecule is COC(=O)C1(c2ccccc2)CCN(C(=O)c2cc(C)[nH]n2)CC1. The van der Waals surface area contributed by atoms with Crippen molar-refractivity contribution in [3.8, 4) is 0 Å². The van der Waals surface area contributed by atoms with E-state index < -0.39 is 5.41 Å². The van der Waals surface area contributed by atoms with Gasteiger partial charge < -0.3 is 9.64 Å². The van der Waals surface area contributed by atoms with Crippen molar-refractivity contribution < 1.29 is 14.3 Å². The van der Waals surface area contributed by atoms with E-state index in [2.05, 4.69) is 10.2 Å². The molecule has 0 bridgehead atoms. The first-order valence-electron chi connectivity index (χ1n) is 8.02. The van der Waals surface area contributed by atoms with Crippen LogP contribution in [0.4, 0.5) is 0 Å². The Morgan fingerprint density at radius 3 is 2.42 bits per heavy atom. The highest BCUT2D eigenvalue weighted by molar-refractivity contribution is 5.93. The van der Waals surface area contributed by atoms with E-state index in [0.29, 0.717) is 31.6 Å². The molecule has 0 radical (unpaired) electrons. The maximum Gasteiger partial charge on any atom is 0.316 e. The molecule has 0 atom stereocenters. The number of nitrogens with one attached hydrogen (secondary N) is 1. The molecule has 1 fully saturated rings. The summed E-state index contributed by atoms with van der Waals surface area (Å²) in [5.74, 6) is -0.345. The predicted molar refractivity (Wildman–Crippen MR) is 88.6 cm³/mol. The number of likely N-dealkylation sites (tertiary alicyclic amines) is 1. The summed E-state index contributed by atoms with van der Waals surface area (Å²) < 4.78 is 5.07. The number of amides is 1. The molecule has 1 aromatic heterocycles. The Balaban J connectivity index is 1.80. The molecule has 1 aliphatic rings. The van der Waals surface area contributed by atoms with Crippen molar-refractivity contribution in [2.24, 2.45) is 0 Å². The number of H-pyrrole nitrogens is 1.